The van der Waals surface area contributed by atoms with Crippen molar-refractivity contribution >= 4 is 12.6 Å². The normalized spacial score (nSPS) is 12.1. The fourth-order valence-electron chi connectivity index (χ4n) is 1.01. The second-order valence-electron chi connectivity index (χ2n) is 4.99. The van der Waals surface area contributed by atoms with E-state index in [9.17, 15) is 10.1 Å². The number of aromatic nitrogens is 2. The van der Waals surface area contributed by atoms with Crippen molar-refractivity contribution in [2.75, 3.05) is 0 Å². The highest BCUT2D eigenvalue weighted by molar-refractivity contribution is 6.59. The maximum absolute atomic E-state index is 9.91. The minimum absolute atomic E-state index is 0.0210. The Hall–Kier alpha value is -1.49. The van der Waals surface area contributed by atoms with Crippen LogP contribution >= 0.6 is 0 Å². The topological polar surface area (TPSA) is 99.3 Å². The molecule has 0 radical (unpaired) electrons. The van der Waals surface area contributed by atoms with E-state index in [0.717, 1.165) is 0 Å². The van der Waals surface area contributed by atoms with Crippen molar-refractivity contribution in [3.05, 3.63) is 18.2 Å². The molecule has 1 rings (SSSR count). The second-order valence-corrected chi connectivity index (χ2v) is 4.99. The van der Waals surface area contributed by atoms with E-state index >= 15 is 0 Å². The zero-order valence-electron chi connectivity index (χ0n) is 10.9. The Kier molecular flexibility index (Phi) is 4.07. The summed E-state index contributed by atoms with van der Waals surface area (Å²) in [5.74, 6) is 0.0210. The molecule has 0 bridgehead atoms. The lowest BCUT2D eigenvalue weighted by atomic mass is 9.78. The first-order valence-corrected chi connectivity index (χ1v) is 5.47. The average molecular weight is 249 g/mol. The second kappa shape index (κ2) is 5.02. The molecular weight excluding hydrogens is 233 g/mol. The minimum Gasteiger partial charge on any atom is -0.423 e. The first-order chi connectivity index (χ1) is 8.17. The molecular formula is C11H16BN3O3. The summed E-state index contributed by atoms with van der Waals surface area (Å²) in [6.07, 6.45) is 2.63. The Bertz CT molecular complexity index is 448. The summed E-state index contributed by atoms with van der Waals surface area (Å²) in [7, 11) is -1.26. The van der Waals surface area contributed by atoms with Gasteiger partial charge in [-0.2, -0.15) is 5.26 Å². The molecule has 96 valence electrons. The number of hydrogen-bond donors (Lipinski definition) is 2. The first kappa shape index (κ1) is 14.6. The molecule has 0 spiro atoms. The van der Waals surface area contributed by atoms with Gasteiger partial charge < -0.3 is 14.8 Å². The van der Waals surface area contributed by atoms with Crippen molar-refractivity contribution in [1.82, 2.24) is 9.97 Å². The molecule has 1 aromatic rings. The largest absolute Gasteiger partial charge is 0.494 e. The van der Waals surface area contributed by atoms with Gasteiger partial charge in [0.15, 0.2) is 0 Å². The van der Waals surface area contributed by atoms with Gasteiger partial charge in [-0.05, 0) is 27.7 Å². The Morgan fingerprint density at radius 1 is 1.28 bits per heavy atom. The van der Waals surface area contributed by atoms with E-state index in [1.54, 1.807) is 33.8 Å². The molecule has 2 N–H and O–H groups in total. The molecule has 0 amide bonds. The van der Waals surface area contributed by atoms with Crippen LogP contribution in [0.1, 0.15) is 33.5 Å². The standard InChI is InChI=1S/C11H16BN3O3/c1-10(2,16)11(3,4)18-12(17)8-6-14-9(5-13)15-7-8/h6-7,16-17H,1-4H3. The summed E-state index contributed by atoms with van der Waals surface area (Å²) in [4.78, 5) is 7.47. The van der Waals surface area contributed by atoms with Gasteiger partial charge in [0, 0.05) is 17.9 Å². The smallest absolute Gasteiger partial charge is 0.423 e. The van der Waals surface area contributed by atoms with E-state index in [-0.39, 0.29) is 5.82 Å². The van der Waals surface area contributed by atoms with E-state index in [1.807, 2.05) is 0 Å². The molecule has 0 atom stereocenters. The maximum Gasteiger partial charge on any atom is 0.494 e. The average Bonchev–Trinajstić information content (AvgIpc) is 2.27. The Morgan fingerprint density at radius 3 is 2.17 bits per heavy atom. The molecule has 1 heterocycles. The predicted octanol–water partition coefficient (Wildman–Crippen LogP) is -0.398. The van der Waals surface area contributed by atoms with Gasteiger partial charge in [0.2, 0.25) is 5.82 Å². The minimum atomic E-state index is -1.26. The lowest BCUT2D eigenvalue weighted by Crippen LogP contribution is -2.53. The fourth-order valence-corrected chi connectivity index (χ4v) is 1.01. The molecule has 18 heavy (non-hydrogen) atoms. The predicted molar refractivity (Wildman–Crippen MR) is 65.8 cm³/mol. The summed E-state index contributed by atoms with van der Waals surface area (Å²) in [5.41, 5.74) is -1.76. The van der Waals surface area contributed by atoms with Crippen molar-refractivity contribution in [3.63, 3.8) is 0 Å². The molecule has 7 heteroatoms. The Labute approximate surface area is 106 Å². The monoisotopic (exact) mass is 249 g/mol. The maximum atomic E-state index is 9.91. The molecule has 0 unspecified atom stereocenters. The summed E-state index contributed by atoms with van der Waals surface area (Å²) < 4.78 is 5.40. The fraction of sp³-hybridized carbons (Fsp3) is 0.545. The van der Waals surface area contributed by atoms with Crippen LogP contribution in [0.15, 0.2) is 12.4 Å². The highest BCUT2D eigenvalue weighted by Gasteiger charge is 2.39. The highest BCUT2D eigenvalue weighted by Crippen LogP contribution is 2.25. The van der Waals surface area contributed by atoms with Crippen molar-refractivity contribution in [2.45, 2.75) is 38.9 Å². The van der Waals surface area contributed by atoms with Crippen LogP contribution in [0, 0.1) is 11.3 Å². The summed E-state index contributed by atoms with van der Waals surface area (Å²) in [6, 6.07) is 1.78. The quantitative estimate of drug-likeness (QED) is 0.704. The van der Waals surface area contributed by atoms with Crippen LogP contribution in [0.4, 0.5) is 0 Å². The summed E-state index contributed by atoms with van der Waals surface area (Å²) in [6.45, 7) is 6.52. The molecule has 6 nitrogen and oxygen atoms in total. The number of aliphatic hydroxyl groups is 1. The van der Waals surface area contributed by atoms with Gasteiger partial charge in [0.1, 0.15) is 6.07 Å². The van der Waals surface area contributed by atoms with Crippen LogP contribution in [0.25, 0.3) is 0 Å². The zero-order chi connectivity index (χ0) is 14.0. The van der Waals surface area contributed by atoms with E-state index in [2.05, 4.69) is 9.97 Å². The molecule has 0 fully saturated rings. The van der Waals surface area contributed by atoms with Crippen molar-refractivity contribution in [3.8, 4) is 6.07 Å². The van der Waals surface area contributed by atoms with Gasteiger partial charge in [-0.25, -0.2) is 9.97 Å². The van der Waals surface area contributed by atoms with Gasteiger partial charge in [-0.15, -0.1) is 0 Å². The molecule has 0 saturated carbocycles. The van der Waals surface area contributed by atoms with E-state index < -0.39 is 18.3 Å². The Balaban J connectivity index is 2.82. The van der Waals surface area contributed by atoms with Crippen LogP contribution in [0.2, 0.25) is 0 Å². The van der Waals surface area contributed by atoms with Crippen molar-refractivity contribution in [2.24, 2.45) is 0 Å². The van der Waals surface area contributed by atoms with Crippen molar-refractivity contribution < 1.29 is 14.8 Å². The van der Waals surface area contributed by atoms with E-state index in [1.165, 1.54) is 12.4 Å². The third kappa shape index (κ3) is 3.26. The lowest BCUT2D eigenvalue weighted by molar-refractivity contribution is -0.0982. The zero-order valence-corrected chi connectivity index (χ0v) is 10.9. The van der Waals surface area contributed by atoms with Gasteiger partial charge >= 0.3 is 7.12 Å². The first-order valence-electron chi connectivity index (χ1n) is 5.47. The molecule has 0 aliphatic heterocycles. The summed E-state index contributed by atoms with van der Waals surface area (Å²) >= 11 is 0. The number of hydrogen-bond acceptors (Lipinski definition) is 6. The molecule has 0 saturated heterocycles. The van der Waals surface area contributed by atoms with Crippen LogP contribution < -0.4 is 5.46 Å². The molecule has 1 aromatic heterocycles. The molecule has 0 aromatic carbocycles. The molecule has 0 aliphatic carbocycles. The van der Waals surface area contributed by atoms with Crippen LogP contribution in [0.3, 0.4) is 0 Å². The van der Waals surface area contributed by atoms with Gasteiger partial charge in [-0.3, -0.25) is 0 Å². The number of rotatable bonds is 4. The highest BCUT2D eigenvalue weighted by atomic mass is 16.5. The van der Waals surface area contributed by atoms with Gasteiger partial charge in [-0.1, -0.05) is 0 Å². The van der Waals surface area contributed by atoms with Crippen LogP contribution in [0.5, 0.6) is 0 Å². The van der Waals surface area contributed by atoms with Crippen LogP contribution in [-0.4, -0.2) is 38.4 Å². The lowest BCUT2D eigenvalue weighted by Gasteiger charge is -2.38. The van der Waals surface area contributed by atoms with Gasteiger partial charge in [0.05, 0.1) is 11.2 Å². The third-order valence-corrected chi connectivity index (χ3v) is 2.94. The summed E-state index contributed by atoms with van der Waals surface area (Å²) in [5, 5.41) is 28.4. The van der Waals surface area contributed by atoms with Gasteiger partial charge in [0.25, 0.3) is 0 Å². The SMILES string of the molecule is CC(C)(O)C(C)(C)OB(O)c1cnc(C#N)nc1. The molecule has 0 aliphatic rings. The van der Waals surface area contributed by atoms with Crippen molar-refractivity contribution in [1.29, 1.82) is 5.26 Å². The third-order valence-electron chi connectivity index (χ3n) is 2.94. The number of nitrogens with zero attached hydrogens (tertiary/aromatic N) is 3. The Morgan fingerprint density at radius 2 is 1.78 bits per heavy atom. The van der Waals surface area contributed by atoms with Crippen LogP contribution in [-0.2, 0) is 4.65 Å². The van der Waals surface area contributed by atoms with E-state index in [0.29, 0.717) is 5.46 Å². The number of nitriles is 1. The van der Waals surface area contributed by atoms with E-state index in [4.69, 9.17) is 9.92 Å².